The number of rotatable bonds is 4. The van der Waals surface area contributed by atoms with Crippen LogP contribution in [-0.2, 0) is 14.8 Å². The van der Waals surface area contributed by atoms with Crippen LogP contribution in [0.25, 0.3) is 0 Å². The van der Waals surface area contributed by atoms with Gasteiger partial charge in [-0.1, -0.05) is 22.0 Å². The third kappa shape index (κ3) is 3.84. The number of amides is 1. The van der Waals surface area contributed by atoms with Crippen molar-refractivity contribution in [3.63, 3.8) is 0 Å². The van der Waals surface area contributed by atoms with Gasteiger partial charge in [0.25, 0.3) is 0 Å². The molecule has 0 N–H and O–H groups in total. The Morgan fingerprint density at radius 1 is 1.03 bits per heavy atom. The molecule has 5 aliphatic rings. The second kappa shape index (κ2) is 7.48. The van der Waals surface area contributed by atoms with E-state index in [1.165, 1.54) is 19.3 Å². The SMILES string of the molecule is O=C(CC12CC3CC(CC(Br)(C3)C1)C2)N1CCN(S(=O)(=O)c2c(F)cccc2F)CC1. The number of carbonyl (C=O) groups excluding carboxylic acids is 1. The molecule has 1 aromatic carbocycles. The van der Waals surface area contributed by atoms with Crippen LogP contribution in [0.5, 0.6) is 0 Å². The lowest BCUT2D eigenvalue weighted by atomic mass is 9.48. The van der Waals surface area contributed by atoms with Gasteiger partial charge in [-0.15, -0.1) is 0 Å². The van der Waals surface area contributed by atoms with Crippen LogP contribution in [-0.4, -0.2) is 54.0 Å². The lowest BCUT2D eigenvalue weighted by Gasteiger charge is -2.60. The first-order valence-corrected chi connectivity index (χ1v) is 13.2. The molecule has 0 spiro atoms. The minimum absolute atomic E-state index is 0.0441. The number of sulfonamides is 1. The third-order valence-corrected chi connectivity index (χ3v) is 10.6. The van der Waals surface area contributed by atoms with Crippen LogP contribution >= 0.6 is 15.9 Å². The van der Waals surface area contributed by atoms with E-state index in [-0.39, 0.29) is 41.8 Å². The summed E-state index contributed by atoms with van der Waals surface area (Å²) in [7, 11) is -4.29. The molecule has 1 heterocycles. The van der Waals surface area contributed by atoms with E-state index in [0.29, 0.717) is 18.3 Å². The molecule has 2 unspecified atom stereocenters. The minimum atomic E-state index is -4.29. The van der Waals surface area contributed by atoms with Gasteiger partial charge in [-0.05, 0) is 67.9 Å². The van der Waals surface area contributed by atoms with Gasteiger partial charge in [0.05, 0.1) is 0 Å². The van der Waals surface area contributed by atoms with E-state index in [9.17, 15) is 22.0 Å². The summed E-state index contributed by atoms with van der Waals surface area (Å²) in [4.78, 5) is 14.0. The van der Waals surface area contributed by atoms with Gasteiger partial charge in [-0.2, -0.15) is 4.31 Å². The van der Waals surface area contributed by atoms with Crippen molar-refractivity contribution in [2.75, 3.05) is 26.2 Å². The van der Waals surface area contributed by atoms with Crippen LogP contribution in [0.15, 0.2) is 23.1 Å². The van der Waals surface area contributed by atoms with Crippen LogP contribution in [0, 0.1) is 28.9 Å². The zero-order valence-electron chi connectivity index (χ0n) is 17.3. The molecule has 9 heteroatoms. The molecule has 5 fully saturated rings. The second-order valence-corrected chi connectivity index (χ2v) is 13.7. The summed E-state index contributed by atoms with van der Waals surface area (Å²) in [5.74, 6) is -0.711. The van der Waals surface area contributed by atoms with Gasteiger partial charge in [-0.25, -0.2) is 17.2 Å². The molecule has 4 aliphatic carbocycles. The van der Waals surface area contributed by atoms with Gasteiger partial charge >= 0.3 is 0 Å². The van der Waals surface area contributed by atoms with Crippen molar-refractivity contribution in [3.05, 3.63) is 29.8 Å². The first kappa shape index (κ1) is 21.8. The maximum atomic E-state index is 14.0. The molecular weight excluding hydrogens is 490 g/mol. The summed E-state index contributed by atoms with van der Waals surface area (Å²) in [5, 5.41) is 0. The molecule has 1 aromatic rings. The average Bonchev–Trinajstić information content (AvgIpc) is 2.65. The Hall–Kier alpha value is -1.06. The maximum Gasteiger partial charge on any atom is 0.249 e. The number of hydrogen-bond acceptors (Lipinski definition) is 3. The third-order valence-electron chi connectivity index (χ3n) is 7.75. The van der Waals surface area contributed by atoms with Crippen LogP contribution in [0.1, 0.15) is 44.9 Å². The topological polar surface area (TPSA) is 57.7 Å². The molecule has 6 rings (SSSR count). The molecule has 0 radical (unpaired) electrons. The summed E-state index contributed by atoms with van der Waals surface area (Å²) in [6.45, 7) is 0.581. The van der Waals surface area contributed by atoms with Crippen LogP contribution in [0.2, 0.25) is 0 Å². The normalized spacial score (nSPS) is 35.5. The summed E-state index contributed by atoms with van der Waals surface area (Å²) < 4.78 is 54.9. The maximum absolute atomic E-state index is 14.0. The largest absolute Gasteiger partial charge is 0.340 e. The number of halogens is 3. The van der Waals surface area contributed by atoms with Gasteiger partial charge in [0, 0.05) is 36.9 Å². The number of piperazine rings is 1. The van der Waals surface area contributed by atoms with E-state index in [4.69, 9.17) is 0 Å². The van der Waals surface area contributed by atoms with Crippen molar-refractivity contribution in [3.8, 4) is 0 Å². The van der Waals surface area contributed by atoms with E-state index >= 15 is 0 Å². The number of carbonyl (C=O) groups is 1. The number of alkyl halides is 1. The van der Waals surface area contributed by atoms with Gasteiger partial charge in [-0.3, -0.25) is 4.79 Å². The Balaban J connectivity index is 1.25. The van der Waals surface area contributed by atoms with E-state index in [0.717, 1.165) is 41.8 Å². The lowest BCUT2D eigenvalue weighted by molar-refractivity contribution is -0.139. The molecular formula is C22H27BrF2N2O3S. The lowest BCUT2D eigenvalue weighted by Crippen LogP contribution is -2.55. The number of benzene rings is 1. The first-order valence-electron chi connectivity index (χ1n) is 11.0. The molecule has 1 amide bonds. The zero-order valence-corrected chi connectivity index (χ0v) is 19.7. The van der Waals surface area contributed by atoms with Gasteiger partial charge < -0.3 is 4.90 Å². The summed E-state index contributed by atoms with van der Waals surface area (Å²) in [6, 6.07) is 3.03. The Bertz CT molecular complexity index is 976. The Labute approximate surface area is 190 Å². The quantitative estimate of drug-likeness (QED) is 0.569. The summed E-state index contributed by atoms with van der Waals surface area (Å²) in [5.41, 5.74) is 0.0597. The fraction of sp³-hybridized carbons (Fsp3) is 0.682. The Morgan fingerprint density at radius 2 is 1.61 bits per heavy atom. The first-order chi connectivity index (χ1) is 14.6. The van der Waals surface area contributed by atoms with Crippen LogP contribution in [0.3, 0.4) is 0 Å². The Morgan fingerprint density at radius 3 is 2.16 bits per heavy atom. The van der Waals surface area contributed by atoms with Crippen LogP contribution < -0.4 is 0 Å². The molecule has 4 bridgehead atoms. The monoisotopic (exact) mass is 516 g/mol. The van der Waals surface area contributed by atoms with Crippen molar-refractivity contribution in [2.24, 2.45) is 17.3 Å². The molecule has 1 aliphatic heterocycles. The summed E-state index contributed by atoms with van der Waals surface area (Å²) in [6.07, 6.45) is 7.49. The predicted octanol–water partition coefficient (Wildman–Crippen LogP) is 3.92. The number of nitrogens with zero attached hydrogens (tertiary/aromatic N) is 2. The van der Waals surface area contributed by atoms with E-state index < -0.39 is 26.6 Å². The van der Waals surface area contributed by atoms with Gasteiger partial charge in [0.1, 0.15) is 11.6 Å². The highest BCUT2D eigenvalue weighted by molar-refractivity contribution is 9.10. The van der Waals surface area contributed by atoms with E-state index in [1.807, 2.05) is 0 Å². The molecule has 31 heavy (non-hydrogen) atoms. The fourth-order valence-corrected chi connectivity index (χ4v) is 10.1. The number of hydrogen-bond donors (Lipinski definition) is 0. The summed E-state index contributed by atoms with van der Waals surface area (Å²) >= 11 is 3.98. The highest BCUT2D eigenvalue weighted by Gasteiger charge is 2.57. The van der Waals surface area contributed by atoms with Crippen LogP contribution in [0.4, 0.5) is 8.78 Å². The predicted molar refractivity (Wildman–Crippen MR) is 115 cm³/mol. The van der Waals surface area contributed by atoms with Crippen molar-refractivity contribution in [1.29, 1.82) is 0 Å². The average molecular weight is 517 g/mol. The molecule has 1 saturated heterocycles. The smallest absolute Gasteiger partial charge is 0.249 e. The standard InChI is InChI=1S/C22H27BrF2N2O3S/c23-22-11-15-8-16(12-22)10-21(9-15,14-22)13-19(28)26-4-6-27(7-5-26)31(29,30)20-17(24)2-1-3-18(20)25/h1-3,15-16H,4-14H2. The minimum Gasteiger partial charge on any atom is -0.340 e. The molecule has 0 aromatic heterocycles. The van der Waals surface area contributed by atoms with E-state index in [1.54, 1.807) is 4.90 Å². The van der Waals surface area contributed by atoms with Gasteiger partial charge in [0.2, 0.25) is 15.9 Å². The molecule has 4 saturated carbocycles. The van der Waals surface area contributed by atoms with Crippen molar-refractivity contribution in [1.82, 2.24) is 9.21 Å². The highest BCUT2D eigenvalue weighted by atomic mass is 79.9. The van der Waals surface area contributed by atoms with Crippen molar-refractivity contribution in [2.45, 2.75) is 54.2 Å². The highest BCUT2D eigenvalue weighted by Crippen LogP contribution is 2.65. The fourth-order valence-electron chi connectivity index (χ4n) is 7.01. The van der Waals surface area contributed by atoms with Crippen molar-refractivity contribution >= 4 is 31.9 Å². The zero-order chi connectivity index (χ0) is 22.0. The molecule has 2 atom stereocenters. The molecule has 170 valence electrons. The molecule has 5 nitrogen and oxygen atoms in total. The Kier molecular flexibility index (Phi) is 5.26. The van der Waals surface area contributed by atoms with Gasteiger partial charge in [0.15, 0.2) is 4.90 Å². The second-order valence-electron chi connectivity index (χ2n) is 10.1. The van der Waals surface area contributed by atoms with Crippen molar-refractivity contribution < 1.29 is 22.0 Å². The van der Waals surface area contributed by atoms with E-state index in [2.05, 4.69) is 15.9 Å².